The van der Waals surface area contributed by atoms with E-state index in [0.717, 1.165) is 0 Å². The van der Waals surface area contributed by atoms with Crippen molar-refractivity contribution in [1.82, 2.24) is 9.21 Å². The van der Waals surface area contributed by atoms with Gasteiger partial charge in [-0.05, 0) is 13.8 Å². The molecule has 0 aliphatic carbocycles. The minimum atomic E-state index is -3.07. The number of nitrogens with zero attached hydrogens (tertiary/aromatic N) is 2. The number of nitrogens with two attached hydrogens (primary N) is 1. The molecule has 0 saturated carbocycles. The summed E-state index contributed by atoms with van der Waals surface area (Å²) in [4.78, 5) is 2.23. The van der Waals surface area contributed by atoms with Gasteiger partial charge in [0.25, 0.3) is 0 Å². The average molecular weight is 279 g/mol. The van der Waals surface area contributed by atoms with Crippen LogP contribution in [0.15, 0.2) is 0 Å². The van der Waals surface area contributed by atoms with Crippen LogP contribution in [0.3, 0.4) is 0 Å². The molecule has 1 unspecified atom stereocenters. The van der Waals surface area contributed by atoms with Gasteiger partial charge in [-0.3, -0.25) is 4.90 Å². The lowest BCUT2D eigenvalue weighted by Crippen LogP contribution is -2.61. The Hall–Kier alpha value is -0.210. The fourth-order valence-electron chi connectivity index (χ4n) is 2.16. The highest BCUT2D eigenvalue weighted by molar-refractivity contribution is 7.88. The van der Waals surface area contributed by atoms with Crippen LogP contribution in [0.1, 0.15) is 13.8 Å². The molecular formula is C11H25N3O3S. The Labute approximate surface area is 110 Å². The number of sulfonamides is 1. The normalized spacial score (nSPS) is 22.9. The molecule has 1 fully saturated rings. The van der Waals surface area contributed by atoms with Crippen molar-refractivity contribution in [3.8, 4) is 0 Å². The Morgan fingerprint density at radius 1 is 1.28 bits per heavy atom. The van der Waals surface area contributed by atoms with Gasteiger partial charge in [0.2, 0.25) is 10.0 Å². The van der Waals surface area contributed by atoms with E-state index >= 15 is 0 Å². The summed E-state index contributed by atoms with van der Waals surface area (Å²) in [6.07, 6.45) is 1.25. The summed E-state index contributed by atoms with van der Waals surface area (Å²) in [5.41, 5.74) is 5.64. The number of piperazine rings is 1. The van der Waals surface area contributed by atoms with E-state index in [1.54, 1.807) is 0 Å². The number of rotatable bonds is 6. The SMILES string of the molecule is CCOCC(C)(CN)N1CCN(S(C)(=O)=O)CC1. The molecule has 6 nitrogen and oxygen atoms in total. The number of hydrogen-bond donors (Lipinski definition) is 1. The molecule has 1 rings (SSSR count). The number of ether oxygens (including phenoxy) is 1. The fourth-order valence-corrected chi connectivity index (χ4v) is 2.99. The molecule has 2 N–H and O–H groups in total. The van der Waals surface area contributed by atoms with Crippen LogP contribution in [0, 0.1) is 0 Å². The lowest BCUT2D eigenvalue weighted by Gasteiger charge is -2.44. The van der Waals surface area contributed by atoms with Crippen molar-refractivity contribution < 1.29 is 13.2 Å². The van der Waals surface area contributed by atoms with Crippen LogP contribution in [-0.4, -0.2) is 75.4 Å². The third-order valence-corrected chi connectivity index (χ3v) is 4.83. The molecule has 1 aliphatic rings. The van der Waals surface area contributed by atoms with E-state index in [1.807, 2.05) is 6.92 Å². The summed E-state index contributed by atoms with van der Waals surface area (Å²) in [5, 5.41) is 0. The van der Waals surface area contributed by atoms with Crippen LogP contribution in [0.2, 0.25) is 0 Å². The maximum atomic E-state index is 11.4. The van der Waals surface area contributed by atoms with Gasteiger partial charge >= 0.3 is 0 Å². The molecule has 0 bridgehead atoms. The fraction of sp³-hybridized carbons (Fsp3) is 1.00. The van der Waals surface area contributed by atoms with E-state index in [1.165, 1.54) is 10.6 Å². The van der Waals surface area contributed by atoms with Crippen molar-refractivity contribution in [2.75, 3.05) is 52.2 Å². The Kier molecular flexibility index (Phi) is 5.54. The molecule has 1 heterocycles. The zero-order valence-corrected chi connectivity index (χ0v) is 12.4. The van der Waals surface area contributed by atoms with Gasteiger partial charge in [0.05, 0.1) is 18.4 Å². The molecule has 0 radical (unpaired) electrons. The molecule has 108 valence electrons. The van der Waals surface area contributed by atoms with Crippen LogP contribution in [-0.2, 0) is 14.8 Å². The Balaban J connectivity index is 2.60. The summed E-state index contributed by atoms with van der Waals surface area (Å²) in [6.45, 7) is 8.24. The van der Waals surface area contributed by atoms with Gasteiger partial charge in [-0.1, -0.05) is 0 Å². The highest BCUT2D eigenvalue weighted by Crippen LogP contribution is 2.18. The van der Waals surface area contributed by atoms with Gasteiger partial charge in [0.15, 0.2) is 0 Å². The molecule has 0 aromatic heterocycles. The topological polar surface area (TPSA) is 75.9 Å². The first-order valence-corrected chi connectivity index (χ1v) is 8.16. The second-order valence-corrected chi connectivity index (χ2v) is 6.97. The highest BCUT2D eigenvalue weighted by atomic mass is 32.2. The smallest absolute Gasteiger partial charge is 0.211 e. The summed E-state index contributed by atoms with van der Waals surface area (Å²) in [5.74, 6) is 0. The maximum Gasteiger partial charge on any atom is 0.211 e. The Morgan fingerprint density at radius 3 is 2.22 bits per heavy atom. The first-order chi connectivity index (χ1) is 8.33. The molecule has 1 aliphatic heterocycles. The molecule has 0 aromatic rings. The second kappa shape index (κ2) is 6.29. The van der Waals surface area contributed by atoms with E-state index in [0.29, 0.717) is 45.9 Å². The third kappa shape index (κ3) is 3.89. The highest BCUT2D eigenvalue weighted by Gasteiger charge is 2.34. The average Bonchev–Trinajstić information content (AvgIpc) is 2.35. The molecule has 1 saturated heterocycles. The maximum absolute atomic E-state index is 11.4. The summed E-state index contributed by atoms with van der Waals surface area (Å²) >= 11 is 0. The van der Waals surface area contributed by atoms with Gasteiger partial charge in [-0.2, -0.15) is 4.31 Å². The van der Waals surface area contributed by atoms with Crippen molar-refractivity contribution in [2.24, 2.45) is 5.73 Å². The first-order valence-electron chi connectivity index (χ1n) is 6.31. The first kappa shape index (κ1) is 15.8. The largest absolute Gasteiger partial charge is 0.380 e. The molecule has 18 heavy (non-hydrogen) atoms. The van der Waals surface area contributed by atoms with Gasteiger partial charge in [-0.25, -0.2) is 8.42 Å². The van der Waals surface area contributed by atoms with Crippen molar-refractivity contribution >= 4 is 10.0 Å². The lowest BCUT2D eigenvalue weighted by atomic mass is 10.0. The van der Waals surface area contributed by atoms with E-state index in [9.17, 15) is 8.42 Å². The van der Waals surface area contributed by atoms with E-state index in [-0.39, 0.29) is 5.54 Å². The van der Waals surface area contributed by atoms with E-state index in [4.69, 9.17) is 10.5 Å². The molecule has 7 heteroatoms. The van der Waals surface area contributed by atoms with Crippen molar-refractivity contribution in [3.63, 3.8) is 0 Å². The van der Waals surface area contributed by atoms with Crippen molar-refractivity contribution in [1.29, 1.82) is 0 Å². The van der Waals surface area contributed by atoms with Crippen LogP contribution >= 0.6 is 0 Å². The van der Waals surface area contributed by atoms with Gasteiger partial charge < -0.3 is 10.5 Å². The predicted molar refractivity (Wildman–Crippen MR) is 71.9 cm³/mol. The minimum Gasteiger partial charge on any atom is -0.380 e. The monoisotopic (exact) mass is 279 g/mol. The molecular weight excluding hydrogens is 254 g/mol. The standard InChI is InChI=1S/C11H25N3O3S/c1-4-17-10-11(2,9-12)13-5-7-14(8-6-13)18(3,15)16/h4-10,12H2,1-3H3. The molecule has 0 spiro atoms. The summed E-state index contributed by atoms with van der Waals surface area (Å²) in [6, 6.07) is 0. The van der Waals surface area contributed by atoms with E-state index in [2.05, 4.69) is 11.8 Å². The lowest BCUT2D eigenvalue weighted by molar-refractivity contribution is -0.00421. The quantitative estimate of drug-likeness (QED) is 0.697. The van der Waals surface area contributed by atoms with E-state index < -0.39 is 10.0 Å². The van der Waals surface area contributed by atoms with Gasteiger partial charge in [0.1, 0.15) is 0 Å². The van der Waals surface area contributed by atoms with Gasteiger partial charge in [0, 0.05) is 39.3 Å². The third-order valence-electron chi connectivity index (χ3n) is 3.53. The van der Waals surface area contributed by atoms with Gasteiger partial charge in [-0.15, -0.1) is 0 Å². The van der Waals surface area contributed by atoms with Crippen LogP contribution < -0.4 is 5.73 Å². The van der Waals surface area contributed by atoms with Crippen molar-refractivity contribution in [2.45, 2.75) is 19.4 Å². The molecule has 0 aromatic carbocycles. The van der Waals surface area contributed by atoms with Crippen LogP contribution in [0.5, 0.6) is 0 Å². The number of hydrogen-bond acceptors (Lipinski definition) is 5. The Morgan fingerprint density at radius 2 is 1.83 bits per heavy atom. The zero-order chi connectivity index (χ0) is 13.8. The predicted octanol–water partition coefficient (Wildman–Crippen LogP) is -0.682. The zero-order valence-electron chi connectivity index (χ0n) is 11.6. The minimum absolute atomic E-state index is 0.209. The molecule has 0 amide bonds. The van der Waals surface area contributed by atoms with Crippen LogP contribution in [0.25, 0.3) is 0 Å². The summed E-state index contributed by atoms with van der Waals surface area (Å²) in [7, 11) is -3.07. The van der Waals surface area contributed by atoms with Crippen LogP contribution in [0.4, 0.5) is 0 Å². The van der Waals surface area contributed by atoms with Crippen molar-refractivity contribution in [3.05, 3.63) is 0 Å². The molecule has 1 atom stereocenters. The summed E-state index contributed by atoms with van der Waals surface area (Å²) < 4.78 is 29.9. The Bertz CT molecular complexity index is 353. The second-order valence-electron chi connectivity index (χ2n) is 4.99.